The van der Waals surface area contributed by atoms with Crippen LogP contribution in [0.4, 0.5) is 0 Å². The predicted octanol–water partition coefficient (Wildman–Crippen LogP) is 2.53. The molecule has 0 radical (unpaired) electrons. The SMILES string of the molecule is C[C@@H]1C[C@H]2O[C@H](CO)C[C@H]2O[C@@]12CC[C@]1(CC=C[C@@H](/C=C/CCC(=O)O)O1)O2. The Balaban J connectivity index is 1.40. The molecule has 7 heteroatoms. The van der Waals surface area contributed by atoms with Gasteiger partial charge in [0.15, 0.2) is 11.6 Å². The summed E-state index contributed by atoms with van der Waals surface area (Å²) in [6.45, 7) is 2.15. The molecule has 156 valence electrons. The molecule has 3 fully saturated rings. The number of hydrogen-bond acceptors (Lipinski definition) is 6. The summed E-state index contributed by atoms with van der Waals surface area (Å²) in [5, 5.41) is 18.1. The minimum Gasteiger partial charge on any atom is -0.481 e. The molecule has 0 aliphatic carbocycles. The third-order valence-corrected chi connectivity index (χ3v) is 6.34. The number of aliphatic carboxylic acids is 1. The van der Waals surface area contributed by atoms with Gasteiger partial charge < -0.3 is 29.2 Å². The first-order valence-electron chi connectivity index (χ1n) is 10.3. The number of allylic oxidation sites excluding steroid dienone is 1. The van der Waals surface area contributed by atoms with Gasteiger partial charge in [-0.05, 0) is 12.8 Å². The van der Waals surface area contributed by atoms with Gasteiger partial charge in [-0.1, -0.05) is 31.2 Å². The van der Waals surface area contributed by atoms with Gasteiger partial charge in [0.25, 0.3) is 0 Å². The Labute approximate surface area is 165 Å². The van der Waals surface area contributed by atoms with Crippen molar-refractivity contribution in [2.24, 2.45) is 5.92 Å². The highest BCUT2D eigenvalue weighted by Gasteiger charge is 2.59. The summed E-state index contributed by atoms with van der Waals surface area (Å²) in [5.74, 6) is -2.00. The Morgan fingerprint density at radius 3 is 2.89 bits per heavy atom. The Kier molecular flexibility index (Phi) is 5.64. The van der Waals surface area contributed by atoms with Crippen LogP contribution in [0.1, 0.15) is 51.9 Å². The van der Waals surface area contributed by atoms with Crippen LogP contribution in [-0.4, -0.2) is 58.8 Å². The maximum atomic E-state index is 10.6. The Morgan fingerprint density at radius 2 is 2.11 bits per heavy atom. The molecule has 0 amide bonds. The predicted molar refractivity (Wildman–Crippen MR) is 99.4 cm³/mol. The van der Waals surface area contributed by atoms with Crippen molar-refractivity contribution in [1.29, 1.82) is 0 Å². The number of ether oxygens (including phenoxy) is 4. The lowest BCUT2D eigenvalue weighted by atomic mass is 9.86. The zero-order valence-electron chi connectivity index (χ0n) is 16.3. The number of carbonyl (C=O) groups is 1. The molecule has 7 nitrogen and oxygen atoms in total. The van der Waals surface area contributed by atoms with Gasteiger partial charge in [-0.25, -0.2) is 0 Å². The molecule has 0 bridgehead atoms. The summed E-state index contributed by atoms with van der Waals surface area (Å²) < 4.78 is 25.2. The summed E-state index contributed by atoms with van der Waals surface area (Å²) in [6, 6.07) is 0. The summed E-state index contributed by atoms with van der Waals surface area (Å²) in [4.78, 5) is 10.6. The molecule has 0 aromatic heterocycles. The summed E-state index contributed by atoms with van der Waals surface area (Å²) in [7, 11) is 0. The van der Waals surface area contributed by atoms with Gasteiger partial charge in [-0.15, -0.1) is 0 Å². The van der Waals surface area contributed by atoms with Crippen LogP contribution in [0.5, 0.6) is 0 Å². The van der Waals surface area contributed by atoms with Crippen molar-refractivity contribution in [3.8, 4) is 0 Å². The van der Waals surface area contributed by atoms with Crippen molar-refractivity contribution in [3.05, 3.63) is 24.3 Å². The van der Waals surface area contributed by atoms with Gasteiger partial charge in [0.1, 0.15) is 0 Å². The quantitative estimate of drug-likeness (QED) is 0.692. The molecule has 3 saturated heterocycles. The highest BCUT2D eigenvalue weighted by atomic mass is 16.8. The molecule has 4 heterocycles. The summed E-state index contributed by atoms with van der Waals surface area (Å²) >= 11 is 0. The molecular weight excluding hydrogens is 364 g/mol. The van der Waals surface area contributed by atoms with E-state index in [0.717, 1.165) is 19.3 Å². The molecule has 0 aromatic carbocycles. The third kappa shape index (κ3) is 3.91. The lowest BCUT2D eigenvalue weighted by molar-refractivity contribution is -0.365. The van der Waals surface area contributed by atoms with Crippen molar-refractivity contribution < 1.29 is 34.0 Å². The fourth-order valence-electron chi connectivity index (χ4n) is 4.85. The van der Waals surface area contributed by atoms with Crippen molar-refractivity contribution >= 4 is 5.97 Å². The highest BCUT2D eigenvalue weighted by molar-refractivity contribution is 5.66. The molecule has 4 rings (SSSR count). The van der Waals surface area contributed by atoms with E-state index in [1.165, 1.54) is 0 Å². The fourth-order valence-corrected chi connectivity index (χ4v) is 4.85. The Hall–Kier alpha value is -1.25. The van der Waals surface area contributed by atoms with Gasteiger partial charge >= 0.3 is 5.97 Å². The number of hydrogen-bond donors (Lipinski definition) is 2. The maximum absolute atomic E-state index is 10.6. The second-order valence-electron chi connectivity index (χ2n) is 8.41. The van der Waals surface area contributed by atoms with Gasteiger partial charge in [-0.2, -0.15) is 0 Å². The number of aliphatic hydroxyl groups is 1. The third-order valence-electron chi connectivity index (χ3n) is 6.34. The molecule has 0 saturated carbocycles. The van der Waals surface area contributed by atoms with E-state index in [1.54, 1.807) is 0 Å². The first-order valence-corrected chi connectivity index (χ1v) is 10.3. The van der Waals surface area contributed by atoms with Gasteiger partial charge in [0.2, 0.25) is 0 Å². The van der Waals surface area contributed by atoms with Crippen LogP contribution < -0.4 is 0 Å². The molecule has 0 aromatic rings. The van der Waals surface area contributed by atoms with E-state index in [0.29, 0.717) is 19.3 Å². The minimum atomic E-state index is -0.802. The molecule has 2 N–H and O–H groups in total. The average Bonchev–Trinajstić information content (AvgIpc) is 3.21. The van der Waals surface area contributed by atoms with Crippen LogP contribution in [0.2, 0.25) is 0 Å². The number of aliphatic hydroxyl groups excluding tert-OH is 1. The van der Waals surface area contributed by atoms with E-state index in [1.807, 2.05) is 18.2 Å². The van der Waals surface area contributed by atoms with Crippen molar-refractivity contribution in [2.75, 3.05) is 6.61 Å². The van der Waals surface area contributed by atoms with Crippen molar-refractivity contribution in [2.45, 2.75) is 87.9 Å². The first kappa shape index (κ1) is 20.0. The zero-order valence-corrected chi connectivity index (χ0v) is 16.3. The smallest absolute Gasteiger partial charge is 0.303 e. The van der Waals surface area contributed by atoms with Gasteiger partial charge in [-0.3, -0.25) is 4.79 Å². The van der Waals surface area contributed by atoms with Gasteiger partial charge in [0, 0.05) is 38.0 Å². The largest absolute Gasteiger partial charge is 0.481 e. The van der Waals surface area contributed by atoms with E-state index < -0.39 is 17.5 Å². The monoisotopic (exact) mass is 394 g/mol. The zero-order chi connectivity index (χ0) is 19.8. The summed E-state index contributed by atoms with van der Waals surface area (Å²) in [6.07, 6.45) is 11.7. The topological polar surface area (TPSA) is 94.5 Å². The van der Waals surface area contributed by atoms with Crippen molar-refractivity contribution in [1.82, 2.24) is 0 Å². The Bertz CT molecular complexity index is 647. The molecular formula is C21H30O7. The number of rotatable bonds is 5. The second kappa shape index (κ2) is 7.88. The van der Waals surface area contributed by atoms with Crippen LogP contribution >= 0.6 is 0 Å². The number of carboxylic acid groups (broad SMARTS) is 1. The first-order chi connectivity index (χ1) is 13.4. The fraction of sp³-hybridized carbons (Fsp3) is 0.762. The van der Waals surface area contributed by atoms with E-state index in [9.17, 15) is 9.90 Å². The standard InChI is InChI=1S/C21H30O7/c1-14-11-17-18(12-16(13-22)25-17)27-21(14)10-9-20(28-21)8-4-6-15(26-20)5-2-3-7-19(23)24/h2,4-6,14-18,22H,3,7-13H2,1H3,(H,23,24)/b5-2+/t14-,15-,16+,17-,18-,20+,21-/m1/s1. The summed E-state index contributed by atoms with van der Waals surface area (Å²) in [5.41, 5.74) is 0. The normalized spacial score (nSPS) is 45.3. The molecule has 28 heavy (non-hydrogen) atoms. The second-order valence-corrected chi connectivity index (χ2v) is 8.41. The molecule has 4 aliphatic heterocycles. The van der Waals surface area contributed by atoms with E-state index >= 15 is 0 Å². The lowest BCUT2D eigenvalue weighted by Crippen LogP contribution is -2.53. The Morgan fingerprint density at radius 1 is 1.25 bits per heavy atom. The maximum Gasteiger partial charge on any atom is 0.303 e. The van der Waals surface area contributed by atoms with Crippen LogP contribution in [0.25, 0.3) is 0 Å². The highest BCUT2D eigenvalue weighted by Crippen LogP contribution is 2.52. The molecule has 4 aliphatic rings. The van der Waals surface area contributed by atoms with Crippen LogP contribution in [0.15, 0.2) is 24.3 Å². The van der Waals surface area contributed by atoms with Crippen LogP contribution in [0.3, 0.4) is 0 Å². The van der Waals surface area contributed by atoms with E-state index in [4.69, 9.17) is 24.1 Å². The van der Waals surface area contributed by atoms with E-state index in [-0.39, 0.29) is 43.4 Å². The van der Waals surface area contributed by atoms with Crippen LogP contribution in [-0.2, 0) is 23.7 Å². The molecule has 2 spiro atoms. The van der Waals surface area contributed by atoms with Gasteiger partial charge in [0.05, 0.1) is 31.0 Å². The average molecular weight is 394 g/mol. The minimum absolute atomic E-state index is 0.0202. The molecule has 7 atom stereocenters. The number of carboxylic acids is 1. The van der Waals surface area contributed by atoms with Crippen LogP contribution in [0, 0.1) is 5.92 Å². The van der Waals surface area contributed by atoms with E-state index in [2.05, 4.69) is 13.0 Å². The lowest BCUT2D eigenvalue weighted by Gasteiger charge is -2.45. The number of fused-ring (bicyclic) bond motifs is 1. The van der Waals surface area contributed by atoms with Crippen molar-refractivity contribution in [3.63, 3.8) is 0 Å². The molecule has 0 unspecified atom stereocenters.